The van der Waals surface area contributed by atoms with Crippen LogP contribution in [0.2, 0.25) is 0 Å². The topological polar surface area (TPSA) is 59.0 Å². The molecular weight excluding hydrogens is 513 g/mol. The van der Waals surface area contributed by atoms with E-state index in [1.165, 1.54) is 38.6 Å². The molecule has 1 saturated carbocycles. The Bertz CT molecular complexity index is 697. The van der Waals surface area contributed by atoms with Crippen LogP contribution in [0.25, 0.3) is 0 Å². The maximum absolute atomic E-state index is 4.85. The van der Waals surface area contributed by atoms with Crippen LogP contribution in [0.4, 0.5) is 5.82 Å². The van der Waals surface area contributed by atoms with Gasteiger partial charge in [0, 0.05) is 64.1 Å². The van der Waals surface area contributed by atoms with E-state index in [-0.39, 0.29) is 24.0 Å². The summed E-state index contributed by atoms with van der Waals surface area (Å²) in [5.74, 6) is 2.02. The zero-order valence-electron chi connectivity index (χ0n) is 19.9. The second-order valence-electron chi connectivity index (χ2n) is 9.20. The van der Waals surface area contributed by atoms with Gasteiger partial charge >= 0.3 is 0 Å². The van der Waals surface area contributed by atoms with Gasteiger partial charge in [-0.05, 0) is 44.4 Å². The van der Waals surface area contributed by atoms with E-state index in [9.17, 15) is 0 Å². The molecule has 1 atom stereocenters. The number of piperazine rings is 1. The summed E-state index contributed by atoms with van der Waals surface area (Å²) in [5, 5.41) is 7.10. The zero-order chi connectivity index (χ0) is 21.5. The van der Waals surface area contributed by atoms with Crippen molar-refractivity contribution in [2.24, 2.45) is 4.99 Å². The normalized spacial score (nSPS) is 23.4. The average Bonchev–Trinajstić information content (AvgIpc) is 3.50. The molecular formula is C24H42IN7. The number of hydrogen-bond donors (Lipinski definition) is 2. The molecule has 4 rings (SSSR count). The van der Waals surface area contributed by atoms with Gasteiger partial charge in [0.1, 0.15) is 5.82 Å². The third kappa shape index (κ3) is 6.93. The van der Waals surface area contributed by atoms with E-state index >= 15 is 0 Å². The van der Waals surface area contributed by atoms with Crippen LogP contribution >= 0.6 is 24.0 Å². The minimum Gasteiger partial charge on any atom is -0.357 e. The predicted octanol–water partition coefficient (Wildman–Crippen LogP) is 2.91. The van der Waals surface area contributed by atoms with Crippen LogP contribution in [-0.2, 0) is 6.54 Å². The molecule has 0 aromatic carbocycles. The van der Waals surface area contributed by atoms with E-state index in [4.69, 9.17) is 9.98 Å². The van der Waals surface area contributed by atoms with Crippen LogP contribution in [0.3, 0.4) is 0 Å². The second-order valence-corrected chi connectivity index (χ2v) is 9.20. The van der Waals surface area contributed by atoms with E-state index in [1.54, 1.807) is 0 Å². The van der Waals surface area contributed by atoms with E-state index in [0.29, 0.717) is 12.6 Å². The van der Waals surface area contributed by atoms with Gasteiger partial charge in [-0.25, -0.2) is 9.98 Å². The Morgan fingerprint density at radius 1 is 1.06 bits per heavy atom. The number of hydrogen-bond acceptors (Lipinski definition) is 5. The predicted molar refractivity (Wildman–Crippen MR) is 144 cm³/mol. The molecule has 180 valence electrons. The van der Waals surface area contributed by atoms with E-state index in [2.05, 4.69) is 51.3 Å². The maximum Gasteiger partial charge on any atom is 0.191 e. The number of rotatable bonds is 7. The summed E-state index contributed by atoms with van der Waals surface area (Å²) < 4.78 is 0. The molecule has 1 unspecified atom stereocenters. The van der Waals surface area contributed by atoms with Gasteiger partial charge in [0.2, 0.25) is 0 Å². The number of nitrogens with zero attached hydrogens (tertiary/aromatic N) is 5. The number of aromatic nitrogens is 1. The lowest BCUT2D eigenvalue weighted by molar-refractivity contribution is 0.242. The molecule has 7 nitrogen and oxygen atoms in total. The zero-order valence-corrected chi connectivity index (χ0v) is 22.3. The van der Waals surface area contributed by atoms with Gasteiger partial charge in [-0.15, -0.1) is 24.0 Å². The first-order valence-electron chi connectivity index (χ1n) is 12.5. The fraction of sp³-hybridized carbons (Fsp3) is 0.750. The summed E-state index contributed by atoms with van der Waals surface area (Å²) >= 11 is 0. The van der Waals surface area contributed by atoms with Crippen LogP contribution < -0.4 is 15.5 Å². The number of pyridine rings is 1. The molecule has 2 N–H and O–H groups in total. The van der Waals surface area contributed by atoms with Gasteiger partial charge in [-0.1, -0.05) is 25.8 Å². The first-order chi connectivity index (χ1) is 15.2. The molecule has 3 aliphatic rings. The molecule has 2 aliphatic heterocycles. The molecule has 0 bridgehead atoms. The highest BCUT2D eigenvalue weighted by Crippen LogP contribution is 2.26. The smallest absolute Gasteiger partial charge is 0.191 e. The molecule has 0 radical (unpaired) electrons. The molecule has 32 heavy (non-hydrogen) atoms. The molecule has 1 aliphatic carbocycles. The van der Waals surface area contributed by atoms with E-state index in [0.717, 1.165) is 69.2 Å². The molecule has 1 aromatic rings. The minimum atomic E-state index is 0. The summed E-state index contributed by atoms with van der Waals surface area (Å²) in [4.78, 5) is 17.1. The van der Waals surface area contributed by atoms with Crippen LogP contribution in [0.5, 0.6) is 0 Å². The Hall–Kier alpha value is -1.13. The van der Waals surface area contributed by atoms with Crippen LogP contribution in [0.15, 0.2) is 23.3 Å². The number of likely N-dealkylation sites (tertiary alicyclic amines) is 1. The number of nitrogens with one attached hydrogen (secondary N) is 2. The minimum absolute atomic E-state index is 0. The average molecular weight is 556 g/mol. The Morgan fingerprint density at radius 2 is 1.84 bits per heavy atom. The number of likely N-dealkylation sites (N-methyl/N-ethyl adjacent to an activating group) is 1. The third-order valence-corrected chi connectivity index (χ3v) is 7.12. The molecule has 0 amide bonds. The summed E-state index contributed by atoms with van der Waals surface area (Å²) in [5.41, 5.74) is 1.16. The monoisotopic (exact) mass is 555 g/mol. The summed E-state index contributed by atoms with van der Waals surface area (Å²) in [7, 11) is 0. The molecule has 1 aromatic heterocycles. The van der Waals surface area contributed by atoms with Gasteiger partial charge in [-0.2, -0.15) is 0 Å². The van der Waals surface area contributed by atoms with Crippen molar-refractivity contribution in [1.82, 2.24) is 25.4 Å². The van der Waals surface area contributed by atoms with Crippen LogP contribution in [0.1, 0.15) is 51.5 Å². The van der Waals surface area contributed by atoms with Crippen LogP contribution in [0, 0.1) is 0 Å². The Kier molecular flexibility index (Phi) is 10.3. The van der Waals surface area contributed by atoms with Gasteiger partial charge in [-0.3, -0.25) is 4.90 Å². The van der Waals surface area contributed by atoms with Crippen LogP contribution in [-0.4, -0.2) is 85.2 Å². The van der Waals surface area contributed by atoms with Gasteiger partial charge in [0.05, 0.1) is 6.54 Å². The number of aliphatic imine (C=N–C) groups is 1. The highest BCUT2D eigenvalue weighted by Gasteiger charge is 2.30. The summed E-state index contributed by atoms with van der Waals surface area (Å²) in [6.45, 7) is 13.8. The van der Waals surface area contributed by atoms with Gasteiger partial charge < -0.3 is 20.4 Å². The van der Waals surface area contributed by atoms with Crippen molar-refractivity contribution in [3.63, 3.8) is 0 Å². The first kappa shape index (κ1) is 25.5. The molecule has 3 fully saturated rings. The van der Waals surface area contributed by atoms with Crippen molar-refractivity contribution >= 4 is 35.8 Å². The summed E-state index contributed by atoms with van der Waals surface area (Å²) in [6, 6.07) is 5.66. The molecule has 0 spiro atoms. The molecule has 8 heteroatoms. The van der Waals surface area contributed by atoms with E-state index in [1.807, 2.05) is 6.20 Å². The van der Waals surface area contributed by atoms with Crippen molar-refractivity contribution in [2.75, 3.05) is 57.3 Å². The summed E-state index contributed by atoms with van der Waals surface area (Å²) in [6.07, 6.45) is 8.79. The number of guanidine groups is 1. The lowest BCUT2D eigenvalue weighted by Crippen LogP contribution is -2.46. The van der Waals surface area contributed by atoms with Crippen molar-refractivity contribution in [1.29, 1.82) is 0 Å². The molecule has 2 saturated heterocycles. The highest BCUT2D eigenvalue weighted by atomic mass is 127. The number of halogens is 1. The van der Waals surface area contributed by atoms with E-state index < -0.39 is 0 Å². The fourth-order valence-corrected chi connectivity index (χ4v) is 5.18. The third-order valence-electron chi connectivity index (χ3n) is 7.12. The number of anilines is 1. The Labute approximate surface area is 211 Å². The lowest BCUT2D eigenvalue weighted by atomic mass is 10.2. The van der Waals surface area contributed by atoms with Crippen molar-refractivity contribution in [3.8, 4) is 0 Å². The Morgan fingerprint density at radius 3 is 2.50 bits per heavy atom. The SMILES string of the molecule is CCNC(=NCc1ccc(N2CCN(CC)CC2)nc1)NC1CCN(C2CCCC2)C1.I. The highest BCUT2D eigenvalue weighted by molar-refractivity contribution is 14.0. The fourth-order valence-electron chi connectivity index (χ4n) is 5.18. The largest absolute Gasteiger partial charge is 0.357 e. The quantitative estimate of drug-likeness (QED) is 0.307. The van der Waals surface area contributed by atoms with Gasteiger partial charge in [0.25, 0.3) is 0 Å². The molecule has 3 heterocycles. The van der Waals surface area contributed by atoms with Crippen molar-refractivity contribution in [3.05, 3.63) is 23.9 Å². The van der Waals surface area contributed by atoms with Gasteiger partial charge in [0.15, 0.2) is 5.96 Å². The maximum atomic E-state index is 4.85. The van der Waals surface area contributed by atoms with Crippen molar-refractivity contribution in [2.45, 2.75) is 64.6 Å². The first-order valence-corrected chi connectivity index (χ1v) is 12.5. The van der Waals surface area contributed by atoms with Crippen molar-refractivity contribution < 1.29 is 0 Å². The Balaban J connectivity index is 0.00000289. The standard InChI is InChI=1S/C24H41N7.HI/c1-3-25-24(28-21-11-12-31(19-21)22-7-5-6-8-22)27-18-20-9-10-23(26-17-20)30-15-13-29(4-2)14-16-30;/h9-10,17,21-22H,3-8,11-16,18-19H2,1-2H3,(H2,25,27,28);1H. The lowest BCUT2D eigenvalue weighted by Gasteiger charge is -2.34. The second kappa shape index (κ2) is 12.9.